The average molecular weight is 187 g/mol. The average Bonchev–Trinajstić information content (AvgIpc) is 2.88. The number of methoxy groups -OCH3 is 2. The molecule has 3 heteroatoms. The normalized spacial score (nSPS) is 21.9. The third kappa shape index (κ3) is 3.25. The molecule has 1 fully saturated rings. The summed E-state index contributed by atoms with van der Waals surface area (Å²) in [6.07, 6.45) is 2.60. The molecule has 1 aliphatic carbocycles. The highest BCUT2D eigenvalue weighted by atomic mass is 16.7. The van der Waals surface area contributed by atoms with Gasteiger partial charge in [0, 0.05) is 20.3 Å². The Kier molecular flexibility index (Phi) is 4.16. The van der Waals surface area contributed by atoms with E-state index in [9.17, 15) is 0 Å². The summed E-state index contributed by atoms with van der Waals surface area (Å²) in [5.74, 6) is 0.872. The summed E-state index contributed by atoms with van der Waals surface area (Å²) in [6.45, 7) is 4.33. The third-order valence-electron chi connectivity index (χ3n) is 2.73. The summed E-state index contributed by atoms with van der Waals surface area (Å²) in [7, 11) is 3.35. The van der Waals surface area contributed by atoms with Gasteiger partial charge in [-0.05, 0) is 32.6 Å². The van der Waals surface area contributed by atoms with Crippen molar-refractivity contribution in [3.8, 4) is 0 Å². The van der Waals surface area contributed by atoms with Gasteiger partial charge in [-0.15, -0.1) is 0 Å². The molecule has 1 aliphatic rings. The molecule has 78 valence electrons. The molecule has 1 rings (SSSR count). The Morgan fingerprint density at radius 3 is 2.08 bits per heavy atom. The quantitative estimate of drug-likeness (QED) is 0.637. The molecule has 0 heterocycles. The van der Waals surface area contributed by atoms with Crippen LogP contribution in [0.1, 0.15) is 26.7 Å². The lowest BCUT2D eigenvalue weighted by molar-refractivity contribution is -0.121. The molecule has 2 atom stereocenters. The molecule has 0 aliphatic heterocycles. The van der Waals surface area contributed by atoms with E-state index in [0.29, 0.717) is 6.04 Å². The molecule has 0 amide bonds. The van der Waals surface area contributed by atoms with E-state index in [1.165, 1.54) is 12.8 Å². The van der Waals surface area contributed by atoms with E-state index in [1.807, 2.05) is 0 Å². The van der Waals surface area contributed by atoms with Gasteiger partial charge in [0.1, 0.15) is 0 Å². The molecule has 0 radical (unpaired) electrons. The first-order chi connectivity index (χ1) is 6.19. The van der Waals surface area contributed by atoms with Crippen LogP contribution in [0.25, 0.3) is 0 Å². The fourth-order valence-corrected chi connectivity index (χ4v) is 1.73. The molecule has 1 N–H and O–H groups in total. The maximum Gasteiger partial charge on any atom is 0.171 e. The second kappa shape index (κ2) is 4.94. The Morgan fingerprint density at radius 1 is 1.15 bits per heavy atom. The number of ether oxygens (including phenoxy) is 2. The highest BCUT2D eigenvalue weighted by Gasteiger charge is 2.30. The topological polar surface area (TPSA) is 30.5 Å². The lowest BCUT2D eigenvalue weighted by Crippen LogP contribution is -2.44. The Bertz CT molecular complexity index is 144. The SMILES string of the molecule is COC(OC)C(C)NC(C)C1CC1. The van der Waals surface area contributed by atoms with E-state index < -0.39 is 0 Å². The minimum atomic E-state index is -0.138. The largest absolute Gasteiger partial charge is 0.354 e. The minimum Gasteiger partial charge on any atom is -0.354 e. The van der Waals surface area contributed by atoms with Gasteiger partial charge in [0.25, 0.3) is 0 Å². The zero-order valence-electron chi connectivity index (χ0n) is 9.04. The van der Waals surface area contributed by atoms with E-state index in [1.54, 1.807) is 14.2 Å². The molecule has 0 aromatic carbocycles. The molecule has 0 aromatic rings. The lowest BCUT2D eigenvalue weighted by Gasteiger charge is -2.25. The highest BCUT2D eigenvalue weighted by molar-refractivity contribution is 4.85. The van der Waals surface area contributed by atoms with E-state index in [0.717, 1.165) is 5.92 Å². The highest BCUT2D eigenvalue weighted by Crippen LogP contribution is 2.32. The number of hydrogen-bond donors (Lipinski definition) is 1. The molecular formula is C10H21NO2. The lowest BCUT2D eigenvalue weighted by atomic mass is 10.2. The van der Waals surface area contributed by atoms with Crippen molar-refractivity contribution in [2.45, 2.75) is 45.1 Å². The van der Waals surface area contributed by atoms with Gasteiger partial charge in [-0.3, -0.25) is 0 Å². The van der Waals surface area contributed by atoms with Gasteiger partial charge in [0.05, 0.1) is 6.04 Å². The smallest absolute Gasteiger partial charge is 0.171 e. The van der Waals surface area contributed by atoms with Crippen LogP contribution in [0.5, 0.6) is 0 Å². The second-order valence-electron chi connectivity index (χ2n) is 3.92. The van der Waals surface area contributed by atoms with Crippen molar-refractivity contribution in [2.24, 2.45) is 5.92 Å². The molecule has 0 spiro atoms. The van der Waals surface area contributed by atoms with Crippen LogP contribution in [0.15, 0.2) is 0 Å². The fourth-order valence-electron chi connectivity index (χ4n) is 1.73. The first kappa shape index (κ1) is 11.0. The van der Waals surface area contributed by atoms with Crippen molar-refractivity contribution in [3.63, 3.8) is 0 Å². The van der Waals surface area contributed by atoms with E-state index in [2.05, 4.69) is 19.2 Å². The molecule has 2 unspecified atom stereocenters. The molecule has 0 bridgehead atoms. The van der Waals surface area contributed by atoms with Crippen LogP contribution in [0.2, 0.25) is 0 Å². The zero-order chi connectivity index (χ0) is 9.84. The van der Waals surface area contributed by atoms with Crippen molar-refractivity contribution >= 4 is 0 Å². The Morgan fingerprint density at radius 2 is 1.69 bits per heavy atom. The minimum absolute atomic E-state index is 0.138. The van der Waals surface area contributed by atoms with Crippen molar-refractivity contribution < 1.29 is 9.47 Å². The van der Waals surface area contributed by atoms with Crippen LogP contribution >= 0.6 is 0 Å². The van der Waals surface area contributed by atoms with E-state index in [-0.39, 0.29) is 12.3 Å². The summed E-state index contributed by atoms with van der Waals surface area (Å²) >= 11 is 0. The number of nitrogens with one attached hydrogen (secondary N) is 1. The van der Waals surface area contributed by atoms with Gasteiger partial charge in [0.2, 0.25) is 0 Å². The Hall–Kier alpha value is -0.120. The fraction of sp³-hybridized carbons (Fsp3) is 1.00. The first-order valence-corrected chi connectivity index (χ1v) is 5.00. The van der Waals surface area contributed by atoms with Crippen LogP contribution in [0, 0.1) is 5.92 Å². The third-order valence-corrected chi connectivity index (χ3v) is 2.73. The van der Waals surface area contributed by atoms with Gasteiger partial charge in [-0.2, -0.15) is 0 Å². The molecule has 0 aromatic heterocycles. The van der Waals surface area contributed by atoms with Crippen LogP contribution < -0.4 is 5.32 Å². The van der Waals surface area contributed by atoms with Crippen molar-refractivity contribution in [1.82, 2.24) is 5.32 Å². The standard InChI is InChI=1S/C10H21NO2/c1-7(9-5-6-9)11-8(2)10(12-3)13-4/h7-11H,5-6H2,1-4H3. The zero-order valence-corrected chi connectivity index (χ0v) is 9.04. The van der Waals surface area contributed by atoms with Crippen LogP contribution in [-0.4, -0.2) is 32.6 Å². The van der Waals surface area contributed by atoms with E-state index in [4.69, 9.17) is 9.47 Å². The Balaban J connectivity index is 2.24. The van der Waals surface area contributed by atoms with Gasteiger partial charge in [-0.1, -0.05) is 0 Å². The predicted octanol–water partition coefficient (Wildman–Crippen LogP) is 1.38. The molecule has 0 saturated heterocycles. The molecule has 3 nitrogen and oxygen atoms in total. The van der Waals surface area contributed by atoms with Crippen LogP contribution in [0.4, 0.5) is 0 Å². The monoisotopic (exact) mass is 187 g/mol. The van der Waals surface area contributed by atoms with Gasteiger partial charge in [-0.25, -0.2) is 0 Å². The van der Waals surface area contributed by atoms with Crippen molar-refractivity contribution in [2.75, 3.05) is 14.2 Å². The second-order valence-corrected chi connectivity index (χ2v) is 3.92. The number of rotatable bonds is 6. The first-order valence-electron chi connectivity index (χ1n) is 5.00. The van der Waals surface area contributed by atoms with Crippen LogP contribution in [0.3, 0.4) is 0 Å². The summed E-state index contributed by atoms with van der Waals surface area (Å²) in [5.41, 5.74) is 0. The van der Waals surface area contributed by atoms with Gasteiger partial charge < -0.3 is 14.8 Å². The molecular weight excluding hydrogens is 166 g/mol. The van der Waals surface area contributed by atoms with Crippen molar-refractivity contribution in [1.29, 1.82) is 0 Å². The molecule has 1 saturated carbocycles. The Labute approximate surface area is 80.8 Å². The maximum absolute atomic E-state index is 5.18. The van der Waals surface area contributed by atoms with E-state index >= 15 is 0 Å². The number of hydrogen-bond acceptors (Lipinski definition) is 3. The van der Waals surface area contributed by atoms with Gasteiger partial charge in [0.15, 0.2) is 6.29 Å². The van der Waals surface area contributed by atoms with Gasteiger partial charge >= 0.3 is 0 Å². The van der Waals surface area contributed by atoms with Crippen LogP contribution in [-0.2, 0) is 9.47 Å². The predicted molar refractivity (Wildman–Crippen MR) is 52.6 cm³/mol. The maximum atomic E-state index is 5.18. The summed E-state index contributed by atoms with van der Waals surface area (Å²) in [4.78, 5) is 0. The summed E-state index contributed by atoms with van der Waals surface area (Å²) in [6, 6.07) is 0.841. The molecule has 13 heavy (non-hydrogen) atoms. The van der Waals surface area contributed by atoms with Crippen molar-refractivity contribution in [3.05, 3.63) is 0 Å². The summed E-state index contributed by atoms with van der Waals surface area (Å²) in [5, 5.41) is 3.49. The summed E-state index contributed by atoms with van der Waals surface area (Å²) < 4.78 is 10.4.